The van der Waals surface area contributed by atoms with Crippen LogP contribution in [0.3, 0.4) is 0 Å². The second-order valence-electron chi connectivity index (χ2n) is 2.99. The van der Waals surface area contributed by atoms with Gasteiger partial charge in [0, 0.05) is 19.0 Å². The van der Waals surface area contributed by atoms with E-state index in [9.17, 15) is 0 Å². The minimum atomic E-state index is 0.884. The molecule has 0 aliphatic carbocycles. The molecule has 4 heteroatoms. The monoisotopic (exact) mass is 211 g/mol. The maximum Gasteiger partial charge on any atom is 0.131 e. The van der Waals surface area contributed by atoms with Crippen LogP contribution in [0.2, 0.25) is 0 Å². The van der Waals surface area contributed by atoms with Crippen LogP contribution in [0.1, 0.15) is 26.1 Å². The third kappa shape index (κ3) is 3.18. The highest BCUT2D eigenvalue weighted by Gasteiger charge is 2.01. The van der Waals surface area contributed by atoms with Crippen LogP contribution in [0.5, 0.6) is 0 Å². The van der Waals surface area contributed by atoms with E-state index in [0.717, 1.165) is 36.1 Å². The summed E-state index contributed by atoms with van der Waals surface area (Å²) in [5.41, 5.74) is 0. The Morgan fingerprint density at radius 2 is 2.14 bits per heavy atom. The average molecular weight is 211 g/mol. The van der Waals surface area contributed by atoms with Gasteiger partial charge in [-0.1, -0.05) is 13.8 Å². The Labute approximate surface area is 89.7 Å². The van der Waals surface area contributed by atoms with Crippen LogP contribution in [0.4, 0.5) is 5.82 Å². The molecule has 1 heterocycles. The maximum atomic E-state index is 4.40. The fourth-order valence-electron chi connectivity index (χ4n) is 1.08. The fraction of sp³-hybridized carbons (Fsp3) is 0.600. The summed E-state index contributed by atoms with van der Waals surface area (Å²) < 4.78 is 0. The van der Waals surface area contributed by atoms with E-state index in [1.165, 1.54) is 0 Å². The van der Waals surface area contributed by atoms with E-state index in [-0.39, 0.29) is 0 Å². The second kappa shape index (κ2) is 5.86. The van der Waals surface area contributed by atoms with Gasteiger partial charge in [0.1, 0.15) is 16.7 Å². The van der Waals surface area contributed by atoms with E-state index in [1.807, 2.05) is 12.3 Å². The zero-order valence-electron chi connectivity index (χ0n) is 9.00. The Morgan fingerprint density at radius 3 is 2.71 bits per heavy atom. The van der Waals surface area contributed by atoms with Crippen LogP contribution in [0.15, 0.2) is 11.1 Å². The molecule has 0 spiro atoms. The molecule has 0 aromatic carbocycles. The molecule has 0 unspecified atom stereocenters. The molecule has 0 aliphatic rings. The van der Waals surface area contributed by atoms with Crippen LogP contribution >= 0.6 is 11.8 Å². The minimum absolute atomic E-state index is 0.884. The van der Waals surface area contributed by atoms with Gasteiger partial charge in [0.2, 0.25) is 0 Å². The number of anilines is 1. The quantitative estimate of drug-likeness (QED) is 0.600. The third-order valence-corrected chi connectivity index (χ3v) is 2.46. The van der Waals surface area contributed by atoms with Crippen LogP contribution in [0.25, 0.3) is 0 Å². The minimum Gasteiger partial charge on any atom is -0.370 e. The normalized spacial score (nSPS) is 10.2. The summed E-state index contributed by atoms with van der Waals surface area (Å²) in [6.07, 6.45) is 4.03. The fourth-order valence-corrected chi connectivity index (χ4v) is 1.51. The topological polar surface area (TPSA) is 37.8 Å². The van der Waals surface area contributed by atoms with E-state index in [4.69, 9.17) is 0 Å². The Bertz CT molecular complexity index is 266. The predicted octanol–water partition coefficient (Wildman–Crippen LogP) is 2.58. The molecule has 3 nitrogen and oxygen atoms in total. The van der Waals surface area contributed by atoms with E-state index in [1.54, 1.807) is 11.8 Å². The lowest BCUT2D eigenvalue weighted by Gasteiger charge is -2.06. The van der Waals surface area contributed by atoms with E-state index in [0.29, 0.717) is 0 Å². The molecule has 1 rings (SSSR count). The average Bonchev–Trinajstić information content (AvgIpc) is 2.25. The largest absolute Gasteiger partial charge is 0.370 e. The van der Waals surface area contributed by atoms with Crippen molar-refractivity contribution in [1.82, 2.24) is 9.97 Å². The number of rotatable bonds is 5. The molecule has 0 fully saturated rings. The van der Waals surface area contributed by atoms with Gasteiger partial charge in [0.05, 0.1) is 0 Å². The smallest absolute Gasteiger partial charge is 0.131 e. The van der Waals surface area contributed by atoms with Gasteiger partial charge in [-0.25, -0.2) is 9.97 Å². The molecular formula is C10H17N3S. The Morgan fingerprint density at radius 1 is 1.36 bits per heavy atom. The highest BCUT2D eigenvalue weighted by atomic mass is 32.2. The standard InChI is InChI=1S/C10H17N3S/c1-4-6-11-9-7-10(14-3)13-8(5-2)12-9/h7H,4-6H2,1-3H3,(H,11,12,13). The van der Waals surface area contributed by atoms with Crippen molar-refractivity contribution in [3.63, 3.8) is 0 Å². The molecule has 1 N–H and O–H groups in total. The van der Waals surface area contributed by atoms with Gasteiger partial charge >= 0.3 is 0 Å². The van der Waals surface area contributed by atoms with Crippen molar-refractivity contribution in [2.75, 3.05) is 18.1 Å². The highest BCUT2D eigenvalue weighted by molar-refractivity contribution is 7.98. The van der Waals surface area contributed by atoms with Crippen LogP contribution in [0, 0.1) is 0 Å². The van der Waals surface area contributed by atoms with Crippen molar-refractivity contribution < 1.29 is 0 Å². The number of thioether (sulfide) groups is 1. The molecule has 0 saturated carbocycles. The number of aromatic nitrogens is 2. The van der Waals surface area contributed by atoms with Crippen molar-refractivity contribution in [2.24, 2.45) is 0 Å². The first kappa shape index (κ1) is 11.3. The maximum absolute atomic E-state index is 4.40. The second-order valence-corrected chi connectivity index (χ2v) is 3.82. The van der Waals surface area contributed by atoms with Crippen molar-refractivity contribution in [2.45, 2.75) is 31.7 Å². The first-order valence-corrected chi connectivity index (χ1v) is 6.18. The number of hydrogen-bond donors (Lipinski definition) is 1. The SMILES string of the molecule is CCCNc1cc(SC)nc(CC)n1. The predicted molar refractivity (Wildman–Crippen MR) is 62.0 cm³/mol. The Balaban J connectivity index is 2.81. The van der Waals surface area contributed by atoms with Crippen LogP contribution < -0.4 is 5.32 Å². The zero-order valence-corrected chi connectivity index (χ0v) is 9.82. The molecule has 0 bridgehead atoms. The summed E-state index contributed by atoms with van der Waals surface area (Å²) in [6.45, 7) is 5.18. The zero-order chi connectivity index (χ0) is 10.4. The molecule has 1 aromatic rings. The van der Waals surface area contributed by atoms with E-state index < -0.39 is 0 Å². The molecule has 14 heavy (non-hydrogen) atoms. The number of aryl methyl sites for hydroxylation is 1. The lowest BCUT2D eigenvalue weighted by atomic mass is 10.4. The van der Waals surface area contributed by atoms with E-state index in [2.05, 4.69) is 29.1 Å². The molecule has 0 radical (unpaired) electrons. The summed E-state index contributed by atoms with van der Waals surface area (Å²) in [6, 6.07) is 2.00. The summed E-state index contributed by atoms with van der Waals surface area (Å²) >= 11 is 1.65. The van der Waals surface area contributed by atoms with Crippen molar-refractivity contribution >= 4 is 17.6 Å². The van der Waals surface area contributed by atoms with E-state index >= 15 is 0 Å². The third-order valence-electron chi connectivity index (χ3n) is 1.83. The van der Waals surface area contributed by atoms with Gasteiger partial charge in [0.15, 0.2) is 0 Å². The molecule has 1 aromatic heterocycles. The number of nitrogens with one attached hydrogen (secondary N) is 1. The molecular weight excluding hydrogens is 194 g/mol. The summed E-state index contributed by atoms with van der Waals surface area (Å²) in [5, 5.41) is 4.32. The first-order valence-electron chi connectivity index (χ1n) is 4.96. The van der Waals surface area contributed by atoms with Gasteiger partial charge in [-0.05, 0) is 12.7 Å². The lowest BCUT2D eigenvalue weighted by Crippen LogP contribution is -2.05. The number of nitrogens with zero attached hydrogens (tertiary/aromatic N) is 2. The molecule has 0 aliphatic heterocycles. The molecule has 0 amide bonds. The van der Waals surface area contributed by atoms with Gasteiger partial charge in [0.25, 0.3) is 0 Å². The summed E-state index contributed by atoms with van der Waals surface area (Å²) in [7, 11) is 0. The van der Waals surface area contributed by atoms with Gasteiger partial charge < -0.3 is 5.32 Å². The highest BCUT2D eigenvalue weighted by Crippen LogP contribution is 2.15. The first-order chi connectivity index (χ1) is 6.80. The van der Waals surface area contributed by atoms with Crippen molar-refractivity contribution in [3.05, 3.63) is 11.9 Å². The van der Waals surface area contributed by atoms with Crippen LogP contribution in [-0.4, -0.2) is 22.8 Å². The Kier molecular flexibility index (Phi) is 4.73. The Hall–Kier alpha value is -0.770. The molecule has 0 saturated heterocycles. The van der Waals surface area contributed by atoms with Gasteiger partial charge in [-0.15, -0.1) is 11.8 Å². The summed E-state index contributed by atoms with van der Waals surface area (Å²) in [5.74, 6) is 1.86. The molecule has 0 atom stereocenters. The van der Waals surface area contributed by atoms with Gasteiger partial charge in [-0.2, -0.15) is 0 Å². The van der Waals surface area contributed by atoms with Gasteiger partial charge in [-0.3, -0.25) is 0 Å². The number of hydrogen-bond acceptors (Lipinski definition) is 4. The summed E-state index contributed by atoms with van der Waals surface area (Å²) in [4.78, 5) is 8.79. The lowest BCUT2D eigenvalue weighted by molar-refractivity contribution is 0.878. The molecule has 78 valence electrons. The van der Waals surface area contributed by atoms with Crippen LogP contribution in [-0.2, 0) is 6.42 Å². The van der Waals surface area contributed by atoms with Crippen molar-refractivity contribution in [3.8, 4) is 0 Å². The van der Waals surface area contributed by atoms with Crippen molar-refractivity contribution in [1.29, 1.82) is 0 Å².